The van der Waals surface area contributed by atoms with Gasteiger partial charge in [0.05, 0.1) is 0 Å². The van der Waals surface area contributed by atoms with Gasteiger partial charge >= 0.3 is 0 Å². The fourth-order valence-electron chi connectivity index (χ4n) is 1.62. The van der Waals surface area contributed by atoms with E-state index in [1.165, 1.54) is 12.8 Å². The van der Waals surface area contributed by atoms with Gasteiger partial charge in [-0.3, -0.25) is 9.59 Å². The highest BCUT2D eigenvalue weighted by molar-refractivity contribution is 6.27. The molecule has 0 amide bonds. The summed E-state index contributed by atoms with van der Waals surface area (Å²) in [5.74, 6) is -0.347. The summed E-state index contributed by atoms with van der Waals surface area (Å²) < 4.78 is 0. The first kappa shape index (κ1) is 13.6. The van der Waals surface area contributed by atoms with Crippen molar-refractivity contribution in [1.82, 2.24) is 0 Å². The molecule has 0 spiro atoms. The molecule has 0 bridgehead atoms. The van der Waals surface area contributed by atoms with Crippen LogP contribution in [-0.4, -0.2) is 28.3 Å². The van der Waals surface area contributed by atoms with Crippen molar-refractivity contribution in [2.24, 2.45) is 11.1 Å². The minimum atomic E-state index is -0.833. The molecule has 0 aliphatic heterocycles. The second-order valence-corrected chi connectivity index (χ2v) is 3.58. The van der Waals surface area contributed by atoms with Crippen molar-refractivity contribution >= 4 is 18.0 Å². The topological polar surface area (TPSA) is 87.0 Å². The summed E-state index contributed by atoms with van der Waals surface area (Å²) in [6.45, 7) is 1.08. The van der Waals surface area contributed by atoms with Gasteiger partial charge in [0.1, 0.15) is 6.21 Å². The lowest BCUT2D eigenvalue weighted by molar-refractivity contribution is -0.134. The molecule has 0 aromatic heterocycles. The molecule has 0 heterocycles. The van der Waals surface area contributed by atoms with Gasteiger partial charge in [-0.25, -0.2) is 0 Å². The molecule has 1 saturated carbocycles. The molecule has 0 unspecified atom stereocenters. The van der Waals surface area contributed by atoms with E-state index in [9.17, 15) is 4.79 Å². The van der Waals surface area contributed by atoms with E-state index in [4.69, 9.17) is 15.1 Å². The van der Waals surface area contributed by atoms with E-state index in [1.807, 2.05) is 0 Å². The number of aliphatic carboxylic acids is 1. The van der Waals surface area contributed by atoms with Gasteiger partial charge in [0.15, 0.2) is 5.78 Å². The minimum absolute atomic E-state index is 0.0561. The quantitative estimate of drug-likeness (QED) is 0.426. The zero-order valence-electron chi connectivity index (χ0n) is 8.85. The second kappa shape index (κ2) is 7.96. The van der Waals surface area contributed by atoms with Gasteiger partial charge in [-0.1, -0.05) is 30.8 Å². The molecule has 86 valence electrons. The van der Waals surface area contributed by atoms with Crippen LogP contribution in [0.1, 0.15) is 39.0 Å². The molecule has 0 radical (unpaired) electrons. The third kappa shape index (κ3) is 8.93. The van der Waals surface area contributed by atoms with Crippen molar-refractivity contribution in [1.29, 1.82) is 0 Å². The molecular weight excluding hydrogens is 198 g/mol. The maximum atomic E-state index is 10.9. The van der Waals surface area contributed by atoms with Crippen LogP contribution in [0.3, 0.4) is 0 Å². The Balaban J connectivity index is 0.000000423. The van der Waals surface area contributed by atoms with Crippen molar-refractivity contribution in [2.75, 3.05) is 0 Å². The predicted octanol–water partition coefficient (Wildman–Crippen LogP) is 1.69. The normalized spacial score (nSPS) is 16.1. The average Bonchev–Trinajstić information content (AvgIpc) is 2.55. The van der Waals surface area contributed by atoms with Crippen LogP contribution in [0.5, 0.6) is 0 Å². The molecule has 1 aliphatic rings. The van der Waals surface area contributed by atoms with Crippen molar-refractivity contribution in [2.45, 2.75) is 39.0 Å². The number of carbonyl (C=O) groups excluding carboxylic acids is 1. The molecule has 5 nitrogen and oxygen atoms in total. The van der Waals surface area contributed by atoms with Crippen LogP contribution in [0.25, 0.3) is 0 Å². The number of hydrogen-bond acceptors (Lipinski definition) is 4. The minimum Gasteiger partial charge on any atom is -0.481 e. The smallest absolute Gasteiger partial charge is 0.300 e. The van der Waals surface area contributed by atoms with Crippen LogP contribution < -0.4 is 0 Å². The zero-order valence-corrected chi connectivity index (χ0v) is 8.85. The summed E-state index contributed by atoms with van der Waals surface area (Å²) in [6.07, 6.45) is 6.36. The van der Waals surface area contributed by atoms with Crippen LogP contribution in [0.4, 0.5) is 0 Å². The second-order valence-electron chi connectivity index (χ2n) is 3.58. The fourth-order valence-corrected chi connectivity index (χ4v) is 1.62. The molecule has 15 heavy (non-hydrogen) atoms. The lowest BCUT2D eigenvalue weighted by atomic mass is 10.0. The van der Waals surface area contributed by atoms with Crippen molar-refractivity contribution in [3.63, 3.8) is 0 Å². The zero-order chi connectivity index (χ0) is 11.7. The first-order chi connectivity index (χ1) is 7.06. The Labute approximate surface area is 88.8 Å². The molecule has 0 saturated heterocycles. The van der Waals surface area contributed by atoms with E-state index in [0.717, 1.165) is 26.0 Å². The maximum absolute atomic E-state index is 10.9. The number of ketones is 1. The highest BCUT2D eigenvalue weighted by Crippen LogP contribution is 2.27. The van der Waals surface area contributed by atoms with Crippen LogP contribution in [0, 0.1) is 5.92 Å². The van der Waals surface area contributed by atoms with Gasteiger partial charge < -0.3 is 10.3 Å². The number of rotatable bonds is 3. The monoisotopic (exact) mass is 215 g/mol. The van der Waals surface area contributed by atoms with Gasteiger partial charge in [-0.2, -0.15) is 0 Å². The van der Waals surface area contributed by atoms with Crippen molar-refractivity contribution in [3.8, 4) is 0 Å². The number of Topliss-reactive ketones (excluding diaryl/α,β-unsaturated/α-hetero) is 1. The van der Waals surface area contributed by atoms with Crippen LogP contribution in [0.15, 0.2) is 5.16 Å². The van der Waals surface area contributed by atoms with E-state index in [2.05, 4.69) is 5.16 Å². The molecular formula is C10H17NO4. The van der Waals surface area contributed by atoms with Gasteiger partial charge in [0, 0.05) is 13.3 Å². The van der Waals surface area contributed by atoms with Crippen LogP contribution in [-0.2, 0) is 9.59 Å². The number of carbonyl (C=O) groups is 2. The average molecular weight is 215 g/mol. The van der Waals surface area contributed by atoms with Crippen LogP contribution in [0.2, 0.25) is 0 Å². The Kier molecular flexibility index (Phi) is 7.23. The van der Waals surface area contributed by atoms with Crippen molar-refractivity contribution in [3.05, 3.63) is 0 Å². The Morgan fingerprint density at radius 2 is 1.87 bits per heavy atom. The largest absolute Gasteiger partial charge is 0.481 e. The molecule has 1 fully saturated rings. The maximum Gasteiger partial charge on any atom is 0.300 e. The molecule has 0 atom stereocenters. The van der Waals surface area contributed by atoms with E-state index < -0.39 is 5.97 Å². The standard InChI is InChI=1S/C8H13NO2.C2H4O2/c10-8(6-9-11)5-7-3-1-2-4-7;1-2(3)4/h6-7,11H,1-5H2;1H3,(H,3,4). The fraction of sp³-hybridized carbons (Fsp3) is 0.700. The SMILES string of the molecule is CC(=O)O.O=C(C=NO)CC1CCCC1. The lowest BCUT2D eigenvalue weighted by Gasteiger charge is -2.02. The number of carboxylic acids is 1. The summed E-state index contributed by atoms with van der Waals surface area (Å²) >= 11 is 0. The summed E-state index contributed by atoms with van der Waals surface area (Å²) in [5.41, 5.74) is 0. The first-order valence-electron chi connectivity index (χ1n) is 4.96. The number of nitrogens with zero attached hydrogens (tertiary/aromatic N) is 1. The molecule has 1 rings (SSSR count). The molecule has 2 N–H and O–H groups in total. The summed E-state index contributed by atoms with van der Waals surface area (Å²) in [6, 6.07) is 0. The van der Waals surface area contributed by atoms with E-state index in [-0.39, 0.29) is 5.78 Å². The van der Waals surface area contributed by atoms with Gasteiger partial charge in [-0.15, -0.1) is 0 Å². The van der Waals surface area contributed by atoms with Crippen LogP contribution >= 0.6 is 0 Å². The summed E-state index contributed by atoms with van der Waals surface area (Å²) in [5, 5.41) is 18.2. The first-order valence-corrected chi connectivity index (χ1v) is 4.96. The number of hydrogen-bond donors (Lipinski definition) is 2. The van der Waals surface area contributed by atoms with Gasteiger partial charge in [-0.05, 0) is 5.92 Å². The van der Waals surface area contributed by atoms with Gasteiger partial charge in [0.2, 0.25) is 0 Å². The Morgan fingerprint density at radius 3 is 2.27 bits per heavy atom. The predicted molar refractivity (Wildman–Crippen MR) is 55.2 cm³/mol. The molecule has 5 heteroatoms. The molecule has 0 aromatic carbocycles. The molecule has 1 aliphatic carbocycles. The highest BCUT2D eigenvalue weighted by Gasteiger charge is 2.17. The third-order valence-corrected chi connectivity index (χ3v) is 2.17. The highest BCUT2D eigenvalue weighted by atomic mass is 16.4. The lowest BCUT2D eigenvalue weighted by Crippen LogP contribution is -2.05. The number of carboxylic acid groups (broad SMARTS) is 1. The van der Waals surface area contributed by atoms with E-state index >= 15 is 0 Å². The summed E-state index contributed by atoms with van der Waals surface area (Å²) in [7, 11) is 0. The third-order valence-electron chi connectivity index (χ3n) is 2.17. The van der Waals surface area contributed by atoms with E-state index in [0.29, 0.717) is 12.3 Å². The Hall–Kier alpha value is -1.39. The van der Waals surface area contributed by atoms with Crippen molar-refractivity contribution < 1.29 is 19.9 Å². The van der Waals surface area contributed by atoms with E-state index in [1.54, 1.807) is 0 Å². The molecule has 0 aromatic rings. The Bertz CT molecular complexity index is 228. The summed E-state index contributed by atoms with van der Waals surface area (Å²) in [4.78, 5) is 19.9. The number of oxime groups is 1. The van der Waals surface area contributed by atoms with Gasteiger partial charge in [0.25, 0.3) is 5.97 Å². The Morgan fingerprint density at radius 1 is 1.40 bits per heavy atom.